The average Bonchev–Trinajstić information content (AvgIpc) is 3.00. The molecule has 0 radical (unpaired) electrons. The molecule has 2 aromatic rings. The van der Waals surface area contributed by atoms with E-state index in [0.29, 0.717) is 0 Å². The number of nitrogens with zero attached hydrogens (tertiary/aromatic N) is 2. The fourth-order valence-corrected chi connectivity index (χ4v) is 3.72. The maximum absolute atomic E-state index is 3.46. The van der Waals surface area contributed by atoms with Gasteiger partial charge in [-0.05, 0) is 76.0 Å². The van der Waals surface area contributed by atoms with E-state index in [1.807, 2.05) is 0 Å². The summed E-state index contributed by atoms with van der Waals surface area (Å²) in [7, 11) is 2.21. The molecule has 3 rings (SSSR count). The number of aryl methyl sites for hydroxylation is 1. The summed E-state index contributed by atoms with van der Waals surface area (Å²) in [6.45, 7) is 15.6. The van der Waals surface area contributed by atoms with E-state index in [4.69, 9.17) is 0 Å². The quantitative estimate of drug-likeness (QED) is 0.868. The Morgan fingerprint density at radius 3 is 2.39 bits per heavy atom. The highest BCUT2D eigenvalue weighted by Gasteiger charge is 2.29. The van der Waals surface area contributed by atoms with E-state index in [0.717, 1.165) is 32.6 Å². The van der Waals surface area contributed by atoms with Crippen molar-refractivity contribution in [3.05, 3.63) is 34.5 Å². The van der Waals surface area contributed by atoms with Crippen LogP contribution in [0, 0.1) is 6.92 Å². The lowest BCUT2D eigenvalue weighted by atomic mass is 10.0. The van der Waals surface area contributed by atoms with Crippen molar-refractivity contribution in [1.82, 2.24) is 14.8 Å². The molecule has 2 heterocycles. The molecule has 0 aliphatic carbocycles. The third kappa shape index (κ3) is 2.92. The van der Waals surface area contributed by atoms with E-state index in [9.17, 15) is 0 Å². The summed E-state index contributed by atoms with van der Waals surface area (Å²) in [5.41, 5.74) is 7.57. The standard InChI is InChI=1S/C20H31N3/c1-7-21-9-8-17-14(2)22(6)19-11-16-13-23(20(3,4)5)12-15(16)10-18(17)19/h10-11,21H,7-9,12-13H2,1-6H3. The number of nitrogens with one attached hydrogen (secondary N) is 1. The van der Waals surface area contributed by atoms with Crippen LogP contribution in [-0.2, 0) is 26.6 Å². The molecule has 1 aromatic carbocycles. The molecule has 0 atom stereocenters. The summed E-state index contributed by atoms with van der Waals surface area (Å²) >= 11 is 0. The molecule has 1 N–H and O–H groups in total. The molecule has 1 aromatic heterocycles. The second-order valence-electron chi connectivity index (χ2n) is 7.89. The van der Waals surface area contributed by atoms with Crippen LogP contribution in [0.1, 0.15) is 50.1 Å². The molecule has 3 nitrogen and oxygen atoms in total. The average molecular weight is 313 g/mol. The van der Waals surface area contributed by atoms with Crippen LogP contribution in [0.5, 0.6) is 0 Å². The normalized spacial score (nSPS) is 15.6. The van der Waals surface area contributed by atoms with Gasteiger partial charge in [-0.1, -0.05) is 6.92 Å². The van der Waals surface area contributed by atoms with Gasteiger partial charge < -0.3 is 9.88 Å². The van der Waals surface area contributed by atoms with Gasteiger partial charge in [-0.15, -0.1) is 0 Å². The molecule has 0 saturated carbocycles. The number of fused-ring (bicyclic) bond motifs is 2. The van der Waals surface area contributed by atoms with Gasteiger partial charge >= 0.3 is 0 Å². The van der Waals surface area contributed by atoms with E-state index in [2.05, 4.69) is 68.6 Å². The predicted molar refractivity (Wildman–Crippen MR) is 98.9 cm³/mol. The molecule has 126 valence electrons. The minimum absolute atomic E-state index is 0.231. The van der Waals surface area contributed by atoms with Crippen LogP contribution in [0.15, 0.2) is 12.1 Å². The van der Waals surface area contributed by atoms with E-state index in [1.165, 1.54) is 33.3 Å². The molecule has 1 aliphatic rings. The van der Waals surface area contributed by atoms with Gasteiger partial charge in [0.15, 0.2) is 0 Å². The highest BCUT2D eigenvalue weighted by atomic mass is 15.2. The Balaban J connectivity index is 2.00. The molecule has 0 unspecified atom stereocenters. The summed E-state index contributed by atoms with van der Waals surface area (Å²) in [5.74, 6) is 0. The van der Waals surface area contributed by atoms with Gasteiger partial charge in [-0.2, -0.15) is 0 Å². The fraction of sp³-hybridized carbons (Fsp3) is 0.600. The van der Waals surface area contributed by atoms with Crippen LogP contribution in [0.4, 0.5) is 0 Å². The Morgan fingerprint density at radius 2 is 1.78 bits per heavy atom. The Morgan fingerprint density at radius 1 is 1.13 bits per heavy atom. The predicted octanol–water partition coefficient (Wildman–Crippen LogP) is 3.75. The van der Waals surface area contributed by atoms with Crippen molar-refractivity contribution in [1.29, 1.82) is 0 Å². The number of hydrogen-bond donors (Lipinski definition) is 1. The highest BCUT2D eigenvalue weighted by Crippen LogP contribution is 2.35. The summed E-state index contributed by atoms with van der Waals surface area (Å²) in [5, 5.41) is 4.92. The second kappa shape index (κ2) is 5.95. The van der Waals surface area contributed by atoms with Gasteiger partial charge in [-0.3, -0.25) is 4.90 Å². The fourth-order valence-electron chi connectivity index (χ4n) is 3.72. The first-order chi connectivity index (χ1) is 10.8. The molecule has 0 amide bonds. The SMILES string of the molecule is CCNCCc1c(C)n(C)c2cc3c(cc12)CN(C(C)(C)C)C3. The second-order valence-corrected chi connectivity index (χ2v) is 7.89. The minimum atomic E-state index is 0.231. The third-order valence-corrected chi connectivity index (χ3v) is 5.42. The number of benzene rings is 1. The molecular weight excluding hydrogens is 282 g/mol. The van der Waals surface area contributed by atoms with Crippen molar-refractivity contribution in [2.45, 2.75) is 59.7 Å². The lowest BCUT2D eigenvalue weighted by Gasteiger charge is -2.31. The lowest BCUT2D eigenvalue weighted by Crippen LogP contribution is -2.36. The van der Waals surface area contributed by atoms with Crippen LogP contribution in [0.2, 0.25) is 0 Å². The van der Waals surface area contributed by atoms with Crippen molar-refractivity contribution >= 4 is 10.9 Å². The summed E-state index contributed by atoms with van der Waals surface area (Å²) in [4.78, 5) is 2.57. The molecule has 0 spiro atoms. The van der Waals surface area contributed by atoms with Gasteiger partial charge in [0.1, 0.15) is 0 Å². The Labute approximate surface area is 140 Å². The molecule has 1 aliphatic heterocycles. The molecule has 0 fully saturated rings. The number of aromatic nitrogens is 1. The van der Waals surface area contributed by atoms with Crippen molar-refractivity contribution in [3.8, 4) is 0 Å². The first-order valence-electron chi connectivity index (χ1n) is 8.88. The van der Waals surface area contributed by atoms with Crippen molar-refractivity contribution in [2.75, 3.05) is 13.1 Å². The van der Waals surface area contributed by atoms with E-state index in [-0.39, 0.29) is 5.54 Å². The molecule has 0 saturated heterocycles. The smallest absolute Gasteiger partial charge is 0.0486 e. The lowest BCUT2D eigenvalue weighted by molar-refractivity contribution is 0.136. The molecular formula is C20H31N3. The number of rotatable bonds is 4. The van der Waals surface area contributed by atoms with Crippen LogP contribution < -0.4 is 5.32 Å². The molecule has 3 heteroatoms. The zero-order valence-corrected chi connectivity index (χ0v) is 15.6. The summed E-state index contributed by atoms with van der Waals surface area (Å²) in [6.07, 6.45) is 1.11. The van der Waals surface area contributed by atoms with Crippen molar-refractivity contribution < 1.29 is 0 Å². The largest absolute Gasteiger partial charge is 0.348 e. The van der Waals surface area contributed by atoms with Crippen molar-refractivity contribution in [3.63, 3.8) is 0 Å². The molecule has 0 bridgehead atoms. The first-order valence-corrected chi connectivity index (χ1v) is 8.88. The number of likely N-dealkylation sites (N-methyl/N-ethyl adjacent to an activating group) is 1. The Hall–Kier alpha value is -1.32. The van der Waals surface area contributed by atoms with E-state index < -0.39 is 0 Å². The maximum Gasteiger partial charge on any atom is 0.0486 e. The van der Waals surface area contributed by atoms with Crippen LogP contribution in [0.25, 0.3) is 10.9 Å². The van der Waals surface area contributed by atoms with Gasteiger partial charge in [-0.25, -0.2) is 0 Å². The monoisotopic (exact) mass is 313 g/mol. The third-order valence-electron chi connectivity index (χ3n) is 5.42. The Bertz CT molecular complexity index is 719. The highest BCUT2D eigenvalue weighted by molar-refractivity contribution is 5.87. The number of hydrogen-bond acceptors (Lipinski definition) is 2. The van der Waals surface area contributed by atoms with Crippen LogP contribution in [0.3, 0.4) is 0 Å². The van der Waals surface area contributed by atoms with Gasteiger partial charge in [0, 0.05) is 42.3 Å². The summed E-state index contributed by atoms with van der Waals surface area (Å²) in [6, 6.07) is 4.89. The van der Waals surface area contributed by atoms with Crippen molar-refractivity contribution in [2.24, 2.45) is 7.05 Å². The topological polar surface area (TPSA) is 20.2 Å². The zero-order chi connectivity index (χ0) is 16.8. The van der Waals surface area contributed by atoms with E-state index >= 15 is 0 Å². The Kier molecular flexibility index (Phi) is 4.28. The first kappa shape index (κ1) is 16.5. The van der Waals surface area contributed by atoms with Crippen LogP contribution in [-0.4, -0.2) is 28.1 Å². The maximum atomic E-state index is 3.46. The van der Waals surface area contributed by atoms with Crippen LogP contribution >= 0.6 is 0 Å². The van der Waals surface area contributed by atoms with Gasteiger partial charge in [0.2, 0.25) is 0 Å². The minimum Gasteiger partial charge on any atom is -0.348 e. The zero-order valence-electron chi connectivity index (χ0n) is 15.6. The van der Waals surface area contributed by atoms with E-state index in [1.54, 1.807) is 0 Å². The summed E-state index contributed by atoms with van der Waals surface area (Å²) < 4.78 is 2.37. The van der Waals surface area contributed by atoms with Gasteiger partial charge in [0.25, 0.3) is 0 Å². The van der Waals surface area contributed by atoms with Gasteiger partial charge in [0.05, 0.1) is 0 Å². The molecule has 23 heavy (non-hydrogen) atoms.